The molecule has 0 radical (unpaired) electrons. The third-order valence-electron chi connectivity index (χ3n) is 4.82. The van der Waals surface area contributed by atoms with Crippen LogP contribution in [0.5, 0.6) is 0 Å². The summed E-state index contributed by atoms with van der Waals surface area (Å²) in [6, 6.07) is 0. The highest BCUT2D eigenvalue weighted by atomic mass is 16.5. The molecule has 0 spiro atoms. The second kappa shape index (κ2) is 6.19. The molecule has 0 bridgehead atoms. The summed E-state index contributed by atoms with van der Waals surface area (Å²) in [5.41, 5.74) is -0.414. The van der Waals surface area contributed by atoms with Crippen molar-refractivity contribution < 1.29 is 9.84 Å². The molecule has 1 N–H and O–H groups in total. The summed E-state index contributed by atoms with van der Waals surface area (Å²) < 4.78 is 5.56. The second-order valence-corrected chi connectivity index (χ2v) is 6.10. The molecule has 0 amide bonds. The maximum Gasteiger partial charge on any atom is 0.0697 e. The average Bonchev–Trinajstić information content (AvgIpc) is 2.55. The smallest absolute Gasteiger partial charge is 0.0697 e. The number of ether oxygens (including phenoxy) is 1. The van der Waals surface area contributed by atoms with Gasteiger partial charge in [-0.15, -0.1) is 0 Å². The van der Waals surface area contributed by atoms with Gasteiger partial charge in [0.25, 0.3) is 0 Å². The SMILES string of the molecule is CCCC1CCCC(O)(C2CCCOC2)CC1. The predicted octanol–water partition coefficient (Wildman–Crippen LogP) is 3.52. The van der Waals surface area contributed by atoms with E-state index in [4.69, 9.17) is 4.74 Å². The van der Waals surface area contributed by atoms with Gasteiger partial charge in [-0.25, -0.2) is 0 Å². The zero-order chi connectivity index (χ0) is 12.1. The monoisotopic (exact) mass is 240 g/mol. The Bertz CT molecular complexity index is 223. The van der Waals surface area contributed by atoms with Crippen LogP contribution in [0.15, 0.2) is 0 Å². The Balaban J connectivity index is 1.90. The van der Waals surface area contributed by atoms with Crippen LogP contribution in [0.3, 0.4) is 0 Å². The molecule has 1 aliphatic carbocycles. The fraction of sp³-hybridized carbons (Fsp3) is 1.00. The molecule has 100 valence electrons. The van der Waals surface area contributed by atoms with Crippen molar-refractivity contribution in [3.8, 4) is 0 Å². The van der Waals surface area contributed by atoms with Crippen LogP contribution in [0.4, 0.5) is 0 Å². The summed E-state index contributed by atoms with van der Waals surface area (Å²) in [6.07, 6.45) is 10.7. The van der Waals surface area contributed by atoms with Crippen LogP contribution in [0.25, 0.3) is 0 Å². The molecule has 2 rings (SSSR count). The fourth-order valence-electron chi connectivity index (χ4n) is 3.69. The maximum absolute atomic E-state index is 10.9. The number of aliphatic hydroxyl groups is 1. The zero-order valence-electron chi connectivity index (χ0n) is 11.3. The number of hydrogen-bond donors (Lipinski definition) is 1. The minimum Gasteiger partial charge on any atom is -0.390 e. The molecule has 2 fully saturated rings. The third-order valence-corrected chi connectivity index (χ3v) is 4.82. The zero-order valence-corrected chi connectivity index (χ0v) is 11.3. The standard InChI is InChI=1S/C15H28O2/c1-2-5-13-6-3-9-15(16,10-8-13)14-7-4-11-17-12-14/h13-14,16H,2-12H2,1H3. The molecule has 1 saturated carbocycles. The van der Waals surface area contributed by atoms with E-state index in [1.807, 2.05) is 0 Å². The Morgan fingerprint density at radius 3 is 2.76 bits per heavy atom. The molecule has 0 aromatic carbocycles. The lowest BCUT2D eigenvalue weighted by atomic mass is 9.78. The quantitative estimate of drug-likeness (QED) is 0.765. The van der Waals surface area contributed by atoms with E-state index in [9.17, 15) is 5.11 Å². The van der Waals surface area contributed by atoms with Crippen molar-refractivity contribution in [2.75, 3.05) is 13.2 Å². The lowest BCUT2D eigenvalue weighted by molar-refractivity contribution is -0.0876. The van der Waals surface area contributed by atoms with Crippen LogP contribution in [0, 0.1) is 11.8 Å². The average molecular weight is 240 g/mol. The molecule has 2 heteroatoms. The van der Waals surface area contributed by atoms with E-state index < -0.39 is 5.60 Å². The molecule has 3 unspecified atom stereocenters. The molecule has 2 nitrogen and oxygen atoms in total. The topological polar surface area (TPSA) is 29.5 Å². The molecular weight excluding hydrogens is 212 g/mol. The van der Waals surface area contributed by atoms with Crippen molar-refractivity contribution in [1.29, 1.82) is 0 Å². The molecule has 1 saturated heterocycles. The van der Waals surface area contributed by atoms with E-state index >= 15 is 0 Å². The predicted molar refractivity (Wildman–Crippen MR) is 70.0 cm³/mol. The van der Waals surface area contributed by atoms with Gasteiger partial charge in [0.05, 0.1) is 12.2 Å². The molecule has 1 heterocycles. The normalized spacial score (nSPS) is 39.9. The Labute approximate surface area is 106 Å². The van der Waals surface area contributed by atoms with Crippen molar-refractivity contribution in [2.45, 2.75) is 70.3 Å². The van der Waals surface area contributed by atoms with Crippen LogP contribution in [0.1, 0.15) is 64.7 Å². The highest BCUT2D eigenvalue weighted by molar-refractivity contribution is 4.90. The van der Waals surface area contributed by atoms with Crippen LogP contribution in [0.2, 0.25) is 0 Å². The van der Waals surface area contributed by atoms with Gasteiger partial charge in [-0.1, -0.05) is 32.6 Å². The molecule has 17 heavy (non-hydrogen) atoms. The van der Waals surface area contributed by atoms with Gasteiger partial charge in [-0.3, -0.25) is 0 Å². The van der Waals surface area contributed by atoms with E-state index in [1.165, 1.54) is 32.1 Å². The Hall–Kier alpha value is -0.0800. The highest BCUT2D eigenvalue weighted by Crippen LogP contribution is 2.39. The van der Waals surface area contributed by atoms with Gasteiger partial charge in [0, 0.05) is 12.5 Å². The van der Waals surface area contributed by atoms with Gasteiger partial charge in [0.2, 0.25) is 0 Å². The first-order valence-corrected chi connectivity index (χ1v) is 7.55. The summed E-state index contributed by atoms with van der Waals surface area (Å²) in [5.74, 6) is 1.26. The van der Waals surface area contributed by atoms with Gasteiger partial charge >= 0.3 is 0 Å². The van der Waals surface area contributed by atoms with E-state index in [0.29, 0.717) is 5.92 Å². The minimum atomic E-state index is -0.414. The third kappa shape index (κ3) is 3.45. The van der Waals surface area contributed by atoms with Crippen LogP contribution < -0.4 is 0 Å². The summed E-state index contributed by atoms with van der Waals surface area (Å²) >= 11 is 0. The molecule has 0 aromatic rings. The first-order chi connectivity index (χ1) is 8.24. The first kappa shape index (κ1) is 13.4. The highest BCUT2D eigenvalue weighted by Gasteiger charge is 2.38. The lowest BCUT2D eigenvalue weighted by Gasteiger charge is -2.38. The minimum absolute atomic E-state index is 0.400. The molecule has 1 aliphatic heterocycles. The van der Waals surface area contributed by atoms with Crippen molar-refractivity contribution in [3.05, 3.63) is 0 Å². The Morgan fingerprint density at radius 2 is 2.06 bits per heavy atom. The molecular formula is C15H28O2. The fourth-order valence-corrected chi connectivity index (χ4v) is 3.69. The van der Waals surface area contributed by atoms with Gasteiger partial charge in [0.1, 0.15) is 0 Å². The van der Waals surface area contributed by atoms with Gasteiger partial charge in [0.15, 0.2) is 0 Å². The van der Waals surface area contributed by atoms with E-state index in [-0.39, 0.29) is 0 Å². The van der Waals surface area contributed by atoms with E-state index in [0.717, 1.165) is 44.8 Å². The van der Waals surface area contributed by atoms with Crippen molar-refractivity contribution in [1.82, 2.24) is 0 Å². The molecule has 3 atom stereocenters. The summed E-state index contributed by atoms with van der Waals surface area (Å²) in [5, 5.41) is 10.9. The lowest BCUT2D eigenvalue weighted by Crippen LogP contribution is -2.42. The second-order valence-electron chi connectivity index (χ2n) is 6.10. The summed E-state index contributed by atoms with van der Waals surface area (Å²) in [7, 11) is 0. The number of rotatable bonds is 3. The summed E-state index contributed by atoms with van der Waals surface area (Å²) in [4.78, 5) is 0. The van der Waals surface area contributed by atoms with E-state index in [1.54, 1.807) is 0 Å². The van der Waals surface area contributed by atoms with Gasteiger partial charge < -0.3 is 9.84 Å². The summed E-state index contributed by atoms with van der Waals surface area (Å²) in [6.45, 7) is 3.95. The van der Waals surface area contributed by atoms with Gasteiger partial charge in [-0.2, -0.15) is 0 Å². The molecule has 0 aromatic heterocycles. The van der Waals surface area contributed by atoms with Crippen LogP contribution in [-0.4, -0.2) is 23.9 Å². The van der Waals surface area contributed by atoms with Crippen LogP contribution >= 0.6 is 0 Å². The largest absolute Gasteiger partial charge is 0.390 e. The van der Waals surface area contributed by atoms with Crippen molar-refractivity contribution in [3.63, 3.8) is 0 Å². The Kier molecular flexibility index (Phi) is 4.87. The van der Waals surface area contributed by atoms with E-state index in [2.05, 4.69) is 6.92 Å². The Morgan fingerprint density at radius 1 is 1.18 bits per heavy atom. The first-order valence-electron chi connectivity index (χ1n) is 7.55. The van der Waals surface area contributed by atoms with Crippen LogP contribution in [-0.2, 0) is 4.74 Å². The van der Waals surface area contributed by atoms with Crippen molar-refractivity contribution >= 4 is 0 Å². The number of hydrogen-bond acceptors (Lipinski definition) is 2. The van der Waals surface area contributed by atoms with Gasteiger partial charge in [-0.05, 0) is 38.0 Å². The maximum atomic E-state index is 10.9. The molecule has 2 aliphatic rings. The van der Waals surface area contributed by atoms with Crippen molar-refractivity contribution in [2.24, 2.45) is 11.8 Å².